The summed E-state index contributed by atoms with van der Waals surface area (Å²) in [4.78, 5) is 24.4. The van der Waals surface area contributed by atoms with Crippen molar-refractivity contribution in [2.45, 2.75) is 26.1 Å². The topological polar surface area (TPSA) is 64.0 Å². The van der Waals surface area contributed by atoms with Crippen LogP contribution in [0.15, 0.2) is 59.4 Å². The maximum Gasteiger partial charge on any atom is 0.416 e. The molecule has 1 aromatic heterocycles. The third-order valence-electron chi connectivity index (χ3n) is 4.39. The highest BCUT2D eigenvalue weighted by atomic mass is 35.5. The van der Waals surface area contributed by atoms with Gasteiger partial charge in [0.2, 0.25) is 5.91 Å². The van der Waals surface area contributed by atoms with Crippen molar-refractivity contribution >= 4 is 23.2 Å². The van der Waals surface area contributed by atoms with E-state index in [2.05, 4.69) is 10.4 Å². The van der Waals surface area contributed by atoms with Gasteiger partial charge in [-0.15, -0.1) is 0 Å². The van der Waals surface area contributed by atoms with E-state index < -0.39 is 29.8 Å². The Bertz CT molecular complexity index is 1130. The smallest absolute Gasteiger partial charge is 0.323 e. The molecule has 0 atom stereocenters. The minimum Gasteiger partial charge on any atom is -0.323 e. The van der Waals surface area contributed by atoms with Gasteiger partial charge in [-0.2, -0.15) is 18.3 Å². The molecule has 0 aliphatic carbocycles. The van der Waals surface area contributed by atoms with Crippen molar-refractivity contribution in [1.29, 1.82) is 0 Å². The van der Waals surface area contributed by atoms with Crippen molar-refractivity contribution in [2.24, 2.45) is 0 Å². The number of aromatic nitrogens is 2. The highest BCUT2D eigenvalue weighted by Crippen LogP contribution is 2.33. The van der Waals surface area contributed by atoms with Crippen LogP contribution >= 0.6 is 11.6 Å². The van der Waals surface area contributed by atoms with Gasteiger partial charge in [0.25, 0.3) is 5.56 Å². The van der Waals surface area contributed by atoms with Crippen LogP contribution in [0.5, 0.6) is 0 Å². The van der Waals surface area contributed by atoms with Gasteiger partial charge in [0.15, 0.2) is 0 Å². The Morgan fingerprint density at radius 2 is 1.80 bits per heavy atom. The standard InChI is InChI=1S/C21H17ClF3N3O2/c1-2-13-3-5-14(6-4-13)17-9-10-20(30)28(27-17)12-19(29)26-18-11-15(21(23,24)25)7-8-16(18)22/h3-11H,2,12H2,1H3,(H,26,29). The third kappa shape index (κ3) is 5.07. The second-order valence-electron chi connectivity index (χ2n) is 6.51. The molecule has 1 heterocycles. The van der Waals surface area contributed by atoms with Crippen molar-refractivity contribution in [2.75, 3.05) is 5.32 Å². The second kappa shape index (κ2) is 8.71. The number of carbonyl (C=O) groups excluding carboxylic acids is 1. The Labute approximate surface area is 175 Å². The van der Waals surface area contributed by atoms with Crippen LogP contribution in [0.1, 0.15) is 18.1 Å². The van der Waals surface area contributed by atoms with Gasteiger partial charge in [0.1, 0.15) is 6.54 Å². The number of benzene rings is 2. The summed E-state index contributed by atoms with van der Waals surface area (Å²) in [6.07, 6.45) is -3.70. The van der Waals surface area contributed by atoms with E-state index in [1.54, 1.807) is 6.07 Å². The number of rotatable bonds is 5. The predicted molar refractivity (Wildman–Crippen MR) is 108 cm³/mol. The molecule has 0 saturated heterocycles. The zero-order valence-electron chi connectivity index (χ0n) is 15.8. The molecule has 5 nitrogen and oxygen atoms in total. The van der Waals surface area contributed by atoms with Crippen LogP contribution in [0.3, 0.4) is 0 Å². The minimum atomic E-state index is -4.58. The van der Waals surface area contributed by atoms with Gasteiger partial charge in [0.05, 0.1) is 22.0 Å². The molecule has 3 aromatic rings. The SMILES string of the molecule is CCc1ccc(-c2ccc(=O)n(CC(=O)Nc3cc(C(F)(F)F)ccc3Cl)n2)cc1. The molecule has 0 radical (unpaired) electrons. The predicted octanol–water partition coefficient (Wildman–Crippen LogP) is 4.78. The van der Waals surface area contributed by atoms with Crippen molar-refractivity contribution in [3.05, 3.63) is 81.1 Å². The molecule has 0 spiro atoms. The number of carbonyl (C=O) groups is 1. The zero-order chi connectivity index (χ0) is 21.9. The van der Waals surface area contributed by atoms with Gasteiger partial charge in [0, 0.05) is 11.6 Å². The van der Waals surface area contributed by atoms with Crippen molar-refractivity contribution in [3.8, 4) is 11.3 Å². The van der Waals surface area contributed by atoms with Gasteiger partial charge in [-0.3, -0.25) is 9.59 Å². The molecule has 1 N–H and O–H groups in total. The molecular formula is C21H17ClF3N3O2. The number of hydrogen-bond acceptors (Lipinski definition) is 3. The Hall–Kier alpha value is -3.13. The van der Waals surface area contributed by atoms with Crippen LogP contribution in [0.2, 0.25) is 5.02 Å². The summed E-state index contributed by atoms with van der Waals surface area (Å²) in [6.45, 7) is 1.55. The Morgan fingerprint density at radius 1 is 1.10 bits per heavy atom. The normalized spacial score (nSPS) is 11.4. The van der Waals surface area contributed by atoms with E-state index in [1.807, 2.05) is 31.2 Å². The van der Waals surface area contributed by atoms with Crippen molar-refractivity contribution in [3.63, 3.8) is 0 Å². The van der Waals surface area contributed by atoms with Crippen molar-refractivity contribution < 1.29 is 18.0 Å². The summed E-state index contributed by atoms with van der Waals surface area (Å²) in [5.41, 5.74) is 0.730. The minimum absolute atomic E-state index is 0.0542. The van der Waals surface area contributed by atoms with E-state index in [0.29, 0.717) is 5.69 Å². The van der Waals surface area contributed by atoms with Crippen LogP contribution in [-0.4, -0.2) is 15.7 Å². The lowest BCUT2D eigenvalue weighted by Gasteiger charge is -2.12. The molecule has 0 bridgehead atoms. The molecule has 2 aromatic carbocycles. The number of hydrogen-bond donors (Lipinski definition) is 1. The fourth-order valence-corrected chi connectivity index (χ4v) is 2.92. The number of amides is 1. The van der Waals surface area contributed by atoms with E-state index >= 15 is 0 Å². The molecule has 0 aliphatic heterocycles. The van der Waals surface area contributed by atoms with Crippen molar-refractivity contribution in [1.82, 2.24) is 9.78 Å². The first kappa shape index (κ1) is 21.6. The fraction of sp³-hybridized carbons (Fsp3) is 0.190. The van der Waals surface area contributed by atoms with E-state index in [9.17, 15) is 22.8 Å². The molecule has 3 rings (SSSR count). The quantitative estimate of drug-likeness (QED) is 0.627. The van der Waals surface area contributed by atoms with Gasteiger partial charge in [-0.05, 0) is 36.2 Å². The van der Waals surface area contributed by atoms with Crippen LogP contribution in [0, 0.1) is 0 Å². The Balaban J connectivity index is 1.81. The summed E-state index contributed by atoms with van der Waals surface area (Å²) in [7, 11) is 0. The Morgan fingerprint density at radius 3 is 2.43 bits per heavy atom. The highest BCUT2D eigenvalue weighted by Gasteiger charge is 2.31. The van der Waals surface area contributed by atoms with Gasteiger partial charge in [-0.25, -0.2) is 4.68 Å². The monoisotopic (exact) mass is 435 g/mol. The first-order chi connectivity index (χ1) is 14.2. The average Bonchev–Trinajstić information content (AvgIpc) is 2.70. The third-order valence-corrected chi connectivity index (χ3v) is 4.72. The summed E-state index contributed by atoms with van der Waals surface area (Å²) >= 11 is 5.89. The lowest BCUT2D eigenvalue weighted by molar-refractivity contribution is -0.137. The first-order valence-electron chi connectivity index (χ1n) is 9.01. The average molecular weight is 436 g/mol. The maximum atomic E-state index is 12.9. The largest absolute Gasteiger partial charge is 0.416 e. The van der Waals surface area contributed by atoms with E-state index in [0.717, 1.165) is 40.4 Å². The molecule has 1 amide bonds. The number of halogens is 4. The lowest BCUT2D eigenvalue weighted by atomic mass is 10.1. The highest BCUT2D eigenvalue weighted by molar-refractivity contribution is 6.33. The number of nitrogens with zero attached hydrogens (tertiary/aromatic N) is 2. The number of anilines is 1. The fourth-order valence-electron chi connectivity index (χ4n) is 2.75. The van der Waals surface area contributed by atoms with Gasteiger partial charge >= 0.3 is 6.18 Å². The molecule has 0 unspecified atom stereocenters. The van der Waals surface area contributed by atoms with E-state index in [-0.39, 0.29) is 10.7 Å². The zero-order valence-corrected chi connectivity index (χ0v) is 16.6. The van der Waals surface area contributed by atoms with E-state index in [1.165, 1.54) is 6.07 Å². The number of nitrogens with one attached hydrogen (secondary N) is 1. The first-order valence-corrected chi connectivity index (χ1v) is 9.39. The summed E-state index contributed by atoms with van der Waals surface area (Å²) in [5.74, 6) is -0.732. The molecule has 0 fully saturated rings. The number of aryl methyl sites for hydroxylation is 1. The van der Waals surface area contributed by atoms with Crippen LogP contribution < -0.4 is 10.9 Å². The Kier molecular flexibility index (Phi) is 6.26. The van der Waals surface area contributed by atoms with Crippen LogP contribution in [-0.2, 0) is 23.9 Å². The van der Waals surface area contributed by atoms with Crippen LogP contribution in [0.25, 0.3) is 11.3 Å². The molecular weight excluding hydrogens is 419 g/mol. The summed E-state index contributed by atoms with van der Waals surface area (Å²) < 4.78 is 39.6. The number of alkyl halides is 3. The molecule has 0 saturated carbocycles. The van der Waals surface area contributed by atoms with Crippen LogP contribution in [0.4, 0.5) is 18.9 Å². The maximum absolute atomic E-state index is 12.9. The molecule has 9 heteroatoms. The molecule has 156 valence electrons. The van der Waals surface area contributed by atoms with Gasteiger partial charge < -0.3 is 5.32 Å². The molecule has 0 aliphatic rings. The van der Waals surface area contributed by atoms with Gasteiger partial charge in [-0.1, -0.05) is 42.8 Å². The second-order valence-corrected chi connectivity index (χ2v) is 6.91. The van der Waals surface area contributed by atoms with E-state index in [4.69, 9.17) is 11.6 Å². The lowest BCUT2D eigenvalue weighted by Crippen LogP contribution is -2.29. The summed E-state index contributed by atoms with van der Waals surface area (Å²) in [5, 5.41) is 6.44. The molecule has 30 heavy (non-hydrogen) atoms. The summed E-state index contributed by atoms with van der Waals surface area (Å²) in [6, 6.07) is 13.0.